The molecule has 4 rings (SSSR count). The van der Waals surface area contributed by atoms with E-state index in [1.807, 2.05) is 12.1 Å². The Bertz CT molecular complexity index is 1210. The van der Waals surface area contributed by atoms with Crippen LogP contribution in [0.1, 0.15) is 42.0 Å². The van der Waals surface area contributed by atoms with Gasteiger partial charge in [-0.2, -0.15) is 0 Å². The van der Waals surface area contributed by atoms with Gasteiger partial charge in [0.05, 0.1) is 25.8 Å². The third kappa shape index (κ3) is 8.01. The molecule has 5 N–H and O–H groups in total. The molecule has 39 heavy (non-hydrogen) atoms. The first-order chi connectivity index (χ1) is 19.1. The summed E-state index contributed by atoms with van der Waals surface area (Å²) in [5.74, 6) is 0.647. The van der Waals surface area contributed by atoms with Crippen molar-refractivity contribution in [3.8, 4) is 5.75 Å². The van der Waals surface area contributed by atoms with Crippen LogP contribution in [-0.2, 0) is 16.9 Å². The van der Waals surface area contributed by atoms with Gasteiger partial charge in [-0.1, -0.05) is 98.3 Å². The normalized spacial score (nSPS) is 10.8. The van der Waals surface area contributed by atoms with E-state index < -0.39 is 0 Å². The Hall–Kier alpha value is -3.97. The zero-order valence-electron chi connectivity index (χ0n) is 22.8. The number of unbranched alkanes of at least 4 members (excludes halogenated alkanes) is 1. The highest BCUT2D eigenvalue weighted by Gasteiger charge is 2.35. The van der Waals surface area contributed by atoms with Gasteiger partial charge in [-0.25, -0.2) is 0 Å². The molecule has 4 aromatic carbocycles. The number of nitrogens with two attached hydrogens (primary N) is 1. The molecule has 0 heterocycles. The molecule has 0 bridgehead atoms. The van der Waals surface area contributed by atoms with Crippen LogP contribution in [0.3, 0.4) is 0 Å². The summed E-state index contributed by atoms with van der Waals surface area (Å²) in [6, 6.07) is 36.7. The van der Waals surface area contributed by atoms with Gasteiger partial charge in [0, 0.05) is 5.69 Å². The number of benzene rings is 4. The van der Waals surface area contributed by atoms with E-state index in [0.717, 1.165) is 30.7 Å². The standard InChI is InChI=1S/C24H27NO.C9H12N2O2/c1-3-4-19-25-24(20-11-7-5-8-12-20,21-13-9-6-10-14-21)22-15-17-23(26-2)18-16-22;10-5-9(13)11-8-3-1-7(6-12)2-4-8/h5-18,25H,3-4,19H2,1-2H3;1-4,12H,5-6,10H2,(H,11,13). The van der Waals surface area contributed by atoms with E-state index in [-0.39, 0.29) is 24.6 Å². The van der Waals surface area contributed by atoms with Crippen molar-refractivity contribution in [3.63, 3.8) is 0 Å². The number of aliphatic hydroxyl groups excluding tert-OH is 1. The Morgan fingerprint density at radius 3 is 1.82 bits per heavy atom. The molecule has 0 saturated heterocycles. The van der Waals surface area contributed by atoms with Crippen LogP contribution < -0.4 is 21.1 Å². The quantitative estimate of drug-likeness (QED) is 0.154. The topological polar surface area (TPSA) is 96.6 Å². The predicted octanol–water partition coefficient (Wildman–Crippen LogP) is 5.45. The van der Waals surface area contributed by atoms with Crippen molar-refractivity contribution in [2.45, 2.75) is 31.9 Å². The van der Waals surface area contributed by atoms with Crippen LogP contribution in [-0.4, -0.2) is 31.2 Å². The van der Waals surface area contributed by atoms with Gasteiger partial charge in [0.25, 0.3) is 0 Å². The smallest absolute Gasteiger partial charge is 0.238 e. The SMILES string of the molecule is CCCCNC(c1ccccc1)(c1ccccc1)c1ccc(OC)cc1.NCC(=O)Nc1ccc(CO)cc1. The summed E-state index contributed by atoms with van der Waals surface area (Å²) in [5.41, 5.74) is 9.94. The van der Waals surface area contributed by atoms with E-state index in [1.54, 1.807) is 31.4 Å². The van der Waals surface area contributed by atoms with Crippen LogP contribution in [0.4, 0.5) is 5.69 Å². The average molecular weight is 526 g/mol. The molecule has 6 heteroatoms. The zero-order valence-corrected chi connectivity index (χ0v) is 22.8. The molecule has 204 valence electrons. The van der Waals surface area contributed by atoms with Crippen molar-refractivity contribution < 1.29 is 14.6 Å². The molecule has 6 nitrogen and oxygen atoms in total. The molecular weight excluding hydrogens is 486 g/mol. The average Bonchev–Trinajstić information content (AvgIpc) is 3.01. The third-order valence-corrected chi connectivity index (χ3v) is 6.46. The van der Waals surface area contributed by atoms with E-state index in [1.165, 1.54) is 16.7 Å². The first kappa shape index (κ1) is 29.6. The molecule has 0 aliphatic rings. The number of aliphatic hydroxyl groups is 1. The van der Waals surface area contributed by atoms with Gasteiger partial charge in [-0.05, 0) is 59.5 Å². The summed E-state index contributed by atoms with van der Waals surface area (Å²) in [6.45, 7) is 3.15. The number of nitrogens with one attached hydrogen (secondary N) is 2. The first-order valence-corrected chi connectivity index (χ1v) is 13.3. The lowest BCUT2D eigenvalue weighted by atomic mass is 9.77. The third-order valence-electron chi connectivity index (χ3n) is 6.46. The molecule has 0 aliphatic heterocycles. The minimum absolute atomic E-state index is 0.00507. The number of methoxy groups -OCH3 is 1. The van der Waals surface area contributed by atoms with E-state index >= 15 is 0 Å². The number of amides is 1. The largest absolute Gasteiger partial charge is 0.497 e. The van der Waals surface area contributed by atoms with Gasteiger partial charge in [-0.3, -0.25) is 10.1 Å². The monoisotopic (exact) mass is 525 g/mol. The molecule has 0 saturated carbocycles. The second kappa shape index (κ2) is 15.4. The Kier molecular flexibility index (Phi) is 11.7. The molecule has 0 fully saturated rings. The lowest BCUT2D eigenvalue weighted by Gasteiger charge is -2.37. The van der Waals surface area contributed by atoms with Crippen molar-refractivity contribution in [3.05, 3.63) is 131 Å². The fourth-order valence-corrected chi connectivity index (χ4v) is 4.38. The molecule has 0 atom stereocenters. The molecule has 0 aliphatic carbocycles. The van der Waals surface area contributed by atoms with E-state index in [2.05, 4.69) is 90.4 Å². The second-order valence-corrected chi connectivity index (χ2v) is 9.10. The molecule has 4 aromatic rings. The highest BCUT2D eigenvalue weighted by molar-refractivity contribution is 5.92. The summed E-state index contributed by atoms with van der Waals surface area (Å²) >= 11 is 0. The van der Waals surface area contributed by atoms with Crippen molar-refractivity contribution in [1.29, 1.82) is 0 Å². The Balaban J connectivity index is 0.000000272. The van der Waals surface area contributed by atoms with Crippen molar-refractivity contribution >= 4 is 11.6 Å². The van der Waals surface area contributed by atoms with E-state index in [0.29, 0.717) is 5.69 Å². The van der Waals surface area contributed by atoms with Crippen LogP contribution in [0.2, 0.25) is 0 Å². The molecule has 0 aromatic heterocycles. The van der Waals surface area contributed by atoms with E-state index in [9.17, 15) is 4.79 Å². The zero-order chi connectivity index (χ0) is 27.9. The van der Waals surface area contributed by atoms with Gasteiger partial charge >= 0.3 is 0 Å². The highest BCUT2D eigenvalue weighted by atomic mass is 16.5. The number of rotatable bonds is 11. The van der Waals surface area contributed by atoms with Gasteiger partial charge in [0.1, 0.15) is 5.75 Å². The number of anilines is 1. The fourth-order valence-electron chi connectivity index (χ4n) is 4.38. The van der Waals surface area contributed by atoms with Crippen LogP contribution in [0, 0.1) is 0 Å². The summed E-state index contributed by atoms with van der Waals surface area (Å²) in [7, 11) is 1.70. The molecule has 0 radical (unpaired) electrons. The van der Waals surface area contributed by atoms with Crippen LogP contribution in [0.25, 0.3) is 0 Å². The van der Waals surface area contributed by atoms with Crippen LogP contribution in [0.15, 0.2) is 109 Å². The Labute approximate surface area is 231 Å². The maximum absolute atomic E-state index is 10.9. The minimum Gasteiger partial charge on any atom is -0.497 e. The molecule has 0 unspecified atom stereocenters. The molecule has 1 amide bonds. The second-order valence-electron chi connectivity index (χ2n) is 9.10. The summed E-state index contributed by atoms with van der Waals surface area (Å²) < 4.78 is 5.37. The first-order valence-electron chi connectivity index (χ1n) is 13.3. The molecular formula is C33H39N3O3. The number of hydrogen-bond donors (Lipinski definition) is 4. The lowest BCUT2D eigenvalue weighted by molar-refractivity contribution is -0.114. The number of ether oxygens (including phenoxy) is 1. The van der Waals surface area contributed by atoms with Crippen LogP contribution >= 0.6 is 0 Å². The summed E-state index contributed by atoms with van der Waals surface area (Å²) in [4.78, 5) is 10.9. The highest BCUT2D eigenvalue weighted by Crippen LogP contribution is 2.37. The van der Waals surface area contributed by atoms with Crippen molar-refractivity contribution in [2.24, 2.45) is 5.73 Å². The molecule has 0 spiro atoms. The van der Waals surface area contributed by atoms with Crippen molar-refractivity contribution in [1.82, 2.24) is 5.32 Å². The van der Waals surface area contributed by atoms with Gasteiger partial charge < -0.3 is 20.9 Å². The maximum Gasteiger partial charge on any atom is 0.238 e. The summed E-state index contributed by atoms with van der Waals surface area (Å²) in [6.07, 6.45) is 2.30. The van der Waals surface area contributed by atoms with Gasteiger partial charge in [0.15, 0.2) is 0 Å². The van der Waals surface area contributed by atoms with Crippen molar-refractivity contribution in [2.75, 3.05) is 25.5 Å². The maximum atomic E-state index is 10.9. The predicted molar refractivity (Wildman–Crippen MR) is 159 cm³/mol. The summed E-state index contributed by atoms with van der Waals surface area (Å²) in [5, 5.41) is 15.2. The van der Waals surface area contributed by atoms with E-state index in [4.69, 9.17) is 15.6 Å². The Morgan fingerprint density at radius 1 is 0.821 bits per heavy atom. The number of hydrogen-bond acceptors (Lipinski definition) is 5. The van der Waals surface area contributed by atoms with Crippen LogP contribution in [0.5, 0.6) is 5.75 Å². The number of carbonyl (C=O) groups is 1. The lowest BCUT2D eigenvalue weighted by Crippen LogP contribution is -2.45. The van der Waals surface area contributed by atoms with Gasteiger partial charge in [0.2, 0.25) is 5.91 Å². The van der Waals surface area contributed by atoms with Gasteiger partial charge in [-0.15, -0.1) is 0 Å². The number of carbonyl (C=O) groups excluding carboxylic acids is 1. The fraction of sp³-hybridized carbons (Fsp3) is 0.242. The Morgan fingerprint density at radius 2 is 1.36 bits per heavy atom. The minimum atomic E-state index is -0.385.